The van der Waals surface area contributed by atoms with E-state index in [4.69, 9.17) is 28.9 Å². The molecule has 0 fully saturated rings. The van der Waals surface area contributed by atoms with Crippen LogP contribution in [0, 0.1) is 0 Å². The summed E-state index contributed by atoms with van der Waals surface area (Å²) in [5, 5.41) is 1.22. The van der Waals surface area contributed by atoms with Crippen LogP contribution in [0.4, 0.5) is 0 Å². The third-order valence-electron chi connectivity index (χ3n) is 1.87. The van der Waals surface area contributed by atoms with Gasteiger partial charge in [-0.25, -0.2) is 0 Å². The molecule has 1 nitrogen and oxygen atoms in total. The van der Waals surface area contributed by atoms with Crippen molar-refractivity contribution < 1.29 is 0 Å². The zero-order valence-corrected chi connectivity index (χ0v) is 10.3. The quantitative estimate of drug-likeness (QED) is 0.875. The molecule has 0 aromatic heterocycles. The van der Waals surface area contributed by atoms with Gasteiger partial charge in [0.2, 0.25) is 0 Å². The van der Waals surface area contributed by atoms with E-state index in [1.54, 1.807) is 0 Å². The molecule has 2 N–H and O–H groups in total. The van der Waals surface area contributed by atoms with Crippen molar-refractivity contribution in [1.82, 2.24) is 0 Å². The summed E-state index contributed by atoms with van der Waals surface area (Å²) in [5.74, 6) is 0. The lowest BCUT2D eigenvalue weighted by Crippen LogP contribution is -2.15. The van der Waals surface area contributed by atoms with Gasteiger partial charge in [0, 0.05) is 6.04 Å². The van der Waals surface area contributed by atoms with Crippen LogP contribution < -0.4 is 5.73 Å². The molecule has 0 aliphatic heterocycles. The van der Waals surface area contributed by atoms with Crippen molar-refractivity contribution >= 4 is 35.6 Å². The Balaban J connectivity index is 0.00000169. The highest BCUT2D eigenvalue weighted by molar-refractivity contribution is 6.42. The average molecular weight is 255 g/mol. The van der Waals surface area contributed by atoms with Crippen LogP contribution in [0.25, 0.3) is 0 Å². The van der Waals surface area contributed by atoms with Gasteiger partial charge in [0.05, 0.1) is 10.0 Å². The minimum Gasteiger partial charge on any atom is -0.328 e. The van der Waals surface area contributed by atoms with Gasteiger partial charge in [-0.2, -0.15) is 0 Å². The third kappa shape index (κ3) is 4.52. The zero-order valence-electron chi connectivity index (χ0n) is 7.97. The molecule has 0 saturated carbocycles. The number of rotatable bonds is 3. The normalized spacial score (nSPS) is 12.0. The Kier molecular flexibility index (Phi) is 6.54. The maximum Gasteiger partial charge on any atom is 0.0595 e. The van der Waals surface area contributed by atoms with E-state index in [9.17, 15) is 0 Å². The smallest absolute Gasteiger partial charge is 0.0595 e. The fraction of sp³-hybridized carbons (Fsp3) is 0.400. The van der Waals surface area contributed by atoms with Gasteiger partial charge in [-0.3, -0.25) is 0 Å². The molecule has 0 spiro atoms. The molecule has 0 amide bonds. The van der Waals surface area contributed by atoms with Crippen molar-refractivity contribution in [2.45, 2.75) is 25.8 Å². The predicted molar refractivity (Wildman–Crippen MR) is 65.7 cm³/mol. The van der Waals surface area contributed by atoms with E-state index in [1.807, 2.05) is 25.1 Å². The SMILES string of the molecule is C[C@H](N)CCc1ccc(Cl)c(Cl)c1.Cl. The van der Waals surface area contributed by atoms with Gasteiger partial charge >= 0.3 is 0 Å². The van der Waals surface area contributed by atoms with Crippen LogP contribution in [-0.4, -0.2) is 6.04 Å². The molecular weight excluding hydrogens is 240 g/mol. The van der Waals surface area contributed by atoms with Crippen molar-refractivity contribution in [3.8, 4) is 0 Å². The number of nitrogens with two attached hydrogens (primary N) is 1. The van der Waals surface area contributed by atoms with Crippen molar-refractivity contribution in [2.24, 2.45) is 5.73 Å². The lowest BCUT2D eigenvalue weighted by molar-refractivity contribution is 0.666. The third-order valence-corrected chi connectivity index (χ3v) is 2.61. The molecule has 0 aliphatic rings. The molecular formula is C10H14Cl3N. The van der Waals surface area contributed by atoms with Crippen molar-refractivity contribution in [1.29, 1.82) is 0 Å². The van der Waals surface area contributed by atoms with Gasteiger partial charge in [-0.05, 0) is 37.5 Å². The molecule has 1 rings (SSSR count). The van der Waals surface area contributed by atoms with Crippen molar-refractivity contribution in [3.63, 3.8) is 0 Å². The molecule has 0 radical (unpaired) electrons. The Hall–Kier alpha value is 0.0500. The van der Waals surface area contributed by atoms with Crippen LogP contribution in [0.3, 0.4) is 0 Å². The highest BCUT2D eigenvalue weighted by Gasteiger charge is 2.00. The largest absolute Gasteiger partial charge is 0.328 e. The maximum absolute atomic E-state index is 5.87. The highest BCUT2D eigenvalue weighted by atomic mass is 35.5. The van der Waals surface area contributed by atoms with Gasteiger partial charge in [0.15, 0.2) is 0 Å². The lowest BCUT2D eigenvalue weighted by atomic mass is 10.1. The van der Waals surface area contributed by atoms with Gasteiger partial charge in [-0.15, -0.1) is 12.4 Å². The van der Waals surface area contributed by atoms with E-state index < -0.39 is 0 Å². The van der Waals surface area contributed by atoms with Crippen LogP contribution in [0.15, 0.2) is 18.2 Å². The number of aryl methyl sites for hydroxylation is 1. The Morgan fingerprint density at radius 2 is 1.93 bits per heavy atom. The summed E-state index contributed by atoms with van der Waals surface area (Å²) >= 11 is 11.7. The Bertz CT molecular complexity index is 287. The van der Waals surface area contributed by atoms with Crippen LogP contribution in [-0.2, 0) is 6.42 Å². The molecule has 1 aromatic carbocycles. The fourth-order valence-electron chi connectivity index (χ4n) is 1.09. The minimum absolute atomic E-state index is 0. The molecule has 1 aromatic rings. The molecule has 80 valence electrons. The Morgan fingerprint density at radius 1 is 1.29 bits per heavy atom. The second-order valence-corrected chi connectivity index (χ2v) is 4.08. The van der Waals surface area contributed by atoms with E-state index in [0.29, 0.717) is 10.0 Å². The predicted octanol–water partition coefficient (Wildman–Crippen LogP) is 3.70. The number of benzene rings is 1. The molecule has 0 saturated heterocycles. The van der Waals surface area contributed by atoms with E-state index >= 15 is 0 Å². The average Bonchev–Trinajstić information content (AvgIpc) is 2.07. The van der Waals surface area contributed by atoms with Crippen LogP contribution in [0.1, 0.15) is 18.9 Å². The summed E-state index contributed by atoms with van der Waals surface area (Å²) in [4.78, 5) is 0. The summed E-state index contributed by atoms with van der Waals surface area (Å²) in [5.41, 5.74) is 6.84. The van der Waals surface area contributed by atoms with E-state index in [1.165, 1.54) is 5.56 Å². The standard InChI is InChI=1S/C10H13Cl2N.ClH/c1-7(13)2-3-8-4-5-9(11)10(12)6-8;/h4-7H,2-3,13H2,1H3;1H/t7-;/m0./s1. The van der Waals surface area contributed by atoms with E-state index in [0.717, 1.165) is 12.8 Å². The summed E-state index contributed by atoms with van der Waals surface area (Å²) in [6.45, 7) is 2.00. The molecule has 0 unspecified atom stereocenters. The Labute approximate surface area is 101 Å². The molecule has 1 atom stereocenters. The Morgan fingerprint density at radius 3 is 2.43 bits per heavy atom. The highest BCUT2D eigenvalue weighted by Crippen LogP contribution is 2.23. The lowest BCUT2D eigenvalue weighted by Gasteiger charge is -2.05. The zero-order chi connectivity index (χ0) is 9.84. The summed E-state index contributed by atoms with van der Waals surface area (Å²) in [6, 6.07) is 5.93. The van der Waals surface area contributed by atoms with Crippen molar-refractivity contribution in [3.05, 3.63) is 33.8 Å². The molecule has 0 aliphatic carbocycles. The number of hydrogen-bond acceptors (Lipinski definition) is 1. The van der Waals surface area contributed by atoms with Crippen LogP contribution >= 0.6 is 35.6 Å². The van der Waals surface area contributed by atoms with Crippen LogP contribution in [0.5, 0.6) is 0 Å². The monoisotopic (exact) mass is 253 g/mol. The minimum atomic E-state index is 0. The maximum atomic E-state index is 5.87. The molecule has 14 heavy (non-hydrogen) atoms. The number of hydrogen-bond donors (Lipinski definition) is 1. The second kappa shape index (κ2) is 6.52. The van der Waals surface area contributed by atoms with Gasteiger partial charge in [0.25, 0.3) is 0 Å². The van der Waals surface area contributed by atoms with Gasteiger partial charge < -0.3 is 5.73 Å². The first-order valence-corrected chi connectivity index (χ1v) is 5.04. The topological polar surface area (TPSA) is 26.0 Å². The summed E-state index contributed by atoms with van der Waals surface area (Å²) < 4.78 is 0. The first kappa shape index (κ1) is 14.1. The van der Waals surface area contributed by atoms with E-state index in [-0.39, 0.29) is 18.4 Å². The van der Waals surface area contributed by atoms with Gasteiger partial charge in [0.1, 0.15) is 0 Å². The number of halogens is 3. The summed E-state index contributed by atoms with van der Waals surface area (Å²) in [6.07, 6.45) is 1.92. The van der Waals surface area contributed by atoms with Gasteiger partial charge in [-0.1, -0.05) is 29.3 Å². The summed E-state index contributed by atoms with van der Waals surface area (Å²) in [7, 11) is 0. The first-order valence-electron chi connectivity index (χ1n) is 4.29. The van der Waals surface area contributed by atoms with E-state index in [2.05, 4.69) is 0 Å². The molecule has 4 heteroatoms. The first-order chi connectivity index (χ1) is 6.09. The molecule has 0 bridgehead atoms. The van der Waals surface area contributed by atoms with Crippen LogP contribution in [0.2, 0.25) is 10.0 Å². The van der Waals surface area contributed by atoms with Crippen molar-refractivity contribution in [2.75, 3.05) is 0 Å². The fourth-order valence-corrected chi connectivity index (χ4v) is 1.41. The second-order valence-electron chi connectivity index (χ2n) is 3.26. The molecule has 0 heterocycles.